The zero-order valence-corrected chi connectivity index (χ0v) is 14.5. The van der Waals surface area contributed by atoms with Gasteiger partial charge in [-0.15, -0.1) is 0 Å². The Hall–Kier alpha value is -3.06. The van der Waals surface area contributed by atoms with Crippen LogP contribution in [0, 0.1) is 0 Å². The first kappa shape index (κ1) is 16.4. The summed E-state index contributed by atoms with van der Waals surface area (Å²) in [5, 5.41) is 3.38. The molecule has 1 N–H and O–H groups in total. The third-order valence-corrected chi connectivity index (χ3v) is 4.52. The predicted octanol–water partition coefficient (Wildman–Crippen LogP) is 4.04. The van der Waals surface area contributed by atoms with Gasteiger partial charge < -0.3 is 14.2 Å². The van der Waals surface area contributed by atoms with Crippen molar-refractivity contribution in [3.63, 3.8) is 0 Å². The highest BCUT2D eigenvalue weighted by Crippen LogP contribution is 2.26. The summed E-state index contributed by atoms with van der Waals surface area (Å²) in [6.45, 7) is 0.403. The lowest BCUT2D eigenvalue weighted by atomic mass is 10.3. The fourth-order valence-electron chi connectivity index (χ4n) is 2.40. The topological polar surface area (TPSA) is 81.2 Å². The standard InChI is InChI=1S/C19H15N3O3S/c23-18(21-11-13-4-3-9-20-10-13)17-8-7-14(24-17)12-26-19-22-15-5-1-2-6-16(15)25-19/h1-10H,11-12H2,(H,21,23). The number of hydrogen-bond acceptors (Lipinski definition) is 6. The molecule has 4 rings (SSSR count). The molecule has 0 bridgehead atoms. The fraction of sp³-hybridized carbons (Fsp3) is 0.105. The van der Waals surface area contributed by atoms with Crippen LogP contribution in [0.4, 0.5) is 0 Å². The number of carbonyl (C=O) groups excluding carboxylic acids is 1. The summed E-state index contributed by atoms with van der Waals surface area (Å²) in [6.07, 6.45) is 3.41. The van der Waals surface area contributed by atoms with Gasteiger partial charge in [0.15, 0.2) is 11.3 Å². The molecule has 0 saturated carbocycles. The highest BCUT2D eigenvalue weighted by Gasteiger charge is 2.12. The van der Waals surface area contributed by atoms with E-state index < -0.39 is 0 Å². The SMILES string of the molecule is O=C(NCc1cccnc1)c1ccc(CSc2nc3ccccc3o2)o1. The van der Waals surface area contributed by atoms with Crippen molar-refractivity contribution in [3.05, 3.63) is 78.0 Å². The number of nitrogens with one attached hydrogen (secondary N) is 1. The third kappa shape index (κ3) is 3.78. The molecule has 6 nitrogen and oxygen atoms in total. The normalized spacial score (nSPS) is 10.9. The first-order valence-corrected chi connectivity index (χ1v) is 9.01. The summed E-state index contributed by atoms with van der Waals surface area (Å²) in [4.78, 5) is 20.6. The summed E-state index contributed by atoms with van der Waals surface area (Å²) in [6, 6.07) is 14.8. The van der Waals surface area contributed by atoms with E-state index in [9.17, 15) is 4.79 Å². The predicted molar refractivity (Wildman–Crippen MR) is 97.7 cm³/mol. The Balaban J connectivity index is 1.34. The van der Waals surface area contributed by atoms with Crippen LogP contribution in [0.15, 0.2) is 75.0 Å². The molecule has 0 atom stereocenters. The Morgan fingerprint density at radius 1 is 1.08 bits per heavy atom. The molecule has 4 aromatic rings. The van der Waals surface area contributed by atoms with E-state index in [-0.39, 0.29) is 11.7 Å². The van der Waals surface area contributed by atoms with E-state index in [1.54, 1.807) is 24.5 Å². The van der Waals surface area contributed by atoms with Gasteiger partial charge in [-0.25, -0.2) is 4.98 Å². The second kappa shape index (κ2) is 7.45. The van der Waals surface area contributed by atoms with Crippen LogP contribution in [0.25, 0.3) is 11.1 Å². The Bertz CT molecular complexity index is 994. The highest BCUT2D eigenvalue weighted by molar-refractivity contribution is 7.98. The lowest BCUT2D eigenvalue weighted by molar-refractivity contribution is 0.0921. The third-order valence-electron chi connectivity index (χ3n) is 3.67. The number of thioether (sulfide) groups is 1. The van der Waals surface area contributed by atoms with Gasteiger partial charge in [0.25, 0.3) is 11.1 Å². The summed E-state index contributed by atoms with van der Waals surface area (Å²) >= 11 is 1.42. The van der Waals surface area contributed by atoms with Gasteiger partial charge in [0.2, 0.25) is 0 Å². The molecular weight excluding hydrogens is 350 g/mol. The first-order valence-electron chi connectivity index (χ1n) is 8.02. The number of oxazole rings is 1. The number of carbonyl (C=O) groups is 1. The lowest BCUT2D eigenvalue weighted by Crippen LogP contribution is -2.22. The van der Waals surface area contributed by atoms with Gasteiger partial charge in [0.1, 0.15) is 11.3 Å². The number of rotatable bonds is 6. The van der Waals surface area contributed by atoms with Crippen molar-refractivity contribution in [2.75, 3.05) is 0 Å². The molecule has 26 heavy (non-hydrogen) atoms. The lowest BCUT2D eigenvalue weighted by Gasteiger charge is -2.02. The maximum Gasteiger partial charge on any atom is 0.287 e. The Morgan fingerprint density at radius 2 is 2.00 bits per heavy atom. The van der Waals surface area contributed by atoms with Crippen molar-refractivity contribution in [3.8, 4) is 0 Å². The molecule has 0 aliphatic rings. The molecule has 1 aromatic carbocycles. The van der Waals surface area contributed by atoms with E-state index in [0.29, 0.717) is 23.3 Å². The van der Waals surface area contributed by atoms with Crippen LogP contribution >= 0.6 is 11.8 Å². The van der Waals surface area contributed by atoms with Crippen LogP contribution in [0.5, 0.6) is 0 Å². The molecule has 0 unspecified atom stereocenters. The van der Waals surface area contributed by atoms with Gasteiger partial charge in [-0.1, -0.05) is 30.0 Å². The first-order chi connectivity index (χ1) is 12.8. The van der Waals surface area contributed by atoms with Crippen molar-refractivity contribution in [2.45, 2.75) is 17.5 Å². The molecule has 0 saturated heterocycles. The molecule has 1 amide bonds. The largest absolute Gasteiger partial charge is 0.455 e. The summed E-state index contributed by atoms with van der Waals surface area (Å²) < 4.78 is 11.3. The minimum absolute atomic E-state index is 0.257. The number of amides is 1. The van der Waals surface area contributed by atoms with Crippen LogP contribution in [0.1, 0.15) is 21.9 Å². The number of nitrogens with zero attached hydrogens (tertiary/aromatic N) is 2. The van der Waals surface area contributed by atoms with Crippen LogP contribution in [-0.2, 0) is 12.3 Å². The van der Waals surface area contributed by atoms with E-state index in [4.69, 9.17) is 8.83 Å². The number of benzene rings is 1. The average Bonchev–Trinajstić information content (AvgIpc) is 3.31. The van der Waals surface area contributed by atoms with Crippen LogP contribution in [0.3, 0.4) is 0 Å². The number of aromatic nitrogens is 2. The molecular formula is C19H15N3O3S. The van der Waals surface area contributed by atoms with Crippen molar-refractivity contribution in [2.24, 2.45) is 0 Å². The number of pyridine rings is 1. The number of fused-ring (bicyclic) bond motifs is 1. The van der Waals surface area contributed by atoms with Crippen molar-refractivity contribution in [1.29, 1.82) is 0 Å². The molecule has 0 aliphatic carbocycles. The molecule has 0 spiro atoms. The molecule has 0 radical (unpaired) electrons. The second-order valence-corrected chi connectivity index (χ2v) is 6.47. The number of para-hydroxylation sites is 2. The second-order valence-electron chi connectivity index (χ2n) is 5.55. The van der Waals surface area contributed by atoms with Crippen molar-refractivity contribution >= 4 is 28.8 Å². The molecule has 130 valence electrons. The average molecular weight is 365 g/mol. The highest BCUT2D eigenvalue weighted by atomic mass is 32.2. The quantitative estimate of drug-likeness (QED) is 0.520. The van der Waals surface area contributed by atoms with E-state index in [1.807, 2.05) is 36.4 Å². The van der Waals surface area contributed by atoms with Crippen LogP contribution in [0.2, 0.25) is 0 Å². The summed E-state index contributed by atoms with van der Waals surface area (Å²) in [5.74, 6) is 1.24. The van der Waals surface area contributed by atoms with Gasteiger partial charge in [-0.2, -0.15) is 0 Å². The maximum atomic E-state index is 12.2. The monoisotopic (exact) mass is 365 g/mol. The summed E-state index contributed by atoms with van der Waals surface area (Å²) in [5.41, 5.74) is 2.51. The van der Waals surface area contributed by atoms with Crippen molar-refractivity contribution in [1.82, 2.24) is 15.3 Å². The van der Waals surface area contributed by atoms with E-state index in [2.05, 4.69) is 15.3 Å². The Kier molecular flexibility index (Phi) is 4.70. The van der Waals surface area contributed by atoms with Gasteiger partial charge in [-0.3, -0.25) is 9.78 Å². The zero-order chi connectivity index (χ0) is 17.8. The molecule has 7 heteroatoms. The van der Waals surface area contributed by atoms with Gasteiger partial charge in [0, 0.05) is 18.9 Å². The molecule has 3 heterocycles. The molecule has 0 fully saturated rings. The van der Waals surface area contributed by atoms with E-state index >= 15 is 0 Å². The minimum Gasteiger partial charge on any atom is -0.455 e. The van der Waals surface area contributed by atoms with Gasteiger partial charge in [0.05, 0.1) is 5.75 Å². The molecule has 3 aromatic heterocycles. The Labute approximate surface area is 153 Å². The smallest absolute Gasteiger partial charge is 0.287 e. The van der Waals surface area contributed by atoms with Gasteiger partial charge >= 0.3 is 0 Å². The fourth-order valence-corrected chi connectivity index (χ4v) is 3.13. The zero-order valence-electron chi connectivity index (χ0n) is 13.7. The molecule has 0 aliphatic heterocycles. The van der Waals surface area contributed by atoms with Gasteiger partial charge in [-0.05, 0) is 35.9 Å². The Morgan fingerprint density at radius 3 is 2.85 bits per heavy atom. The minimum atomic E-state index is -0.257. The maximum absolute atomic E-state index is 12.2. The van der Waals surface area contributed by atoms with Crippen molar-refractivity contribution < 1.29 is 13.6 Å². The van der Waals surface area contributed by atoms with Crippen LogP contribution in [-0.4, -0.2) is 15.9 Å². The van der Waals surface area contributed by atoms with Crippen LogP contribution < -0.4 is 5.32 Å². The van der Waals surface area contributed by atoms with E-state index in [1.165, 1.54) is 11.8 Å². The number of hydrogen-bond donors (Lipinski definition) is 1. The van der Waals surface area contributed by atoms with E-state index in [0.717, 1.165) is 16.7 Å². The summed E-state index contributed by atoms with van der Waals surface area (Å²) in [7, 11) is 0. The number of furan rings is 1.